The first-order valence-corrected chi connectivity index (χ1v) is 8.15. The summed E-state index contributed by atoms with van der Waals surface area (Å²) >= 11 is 0. The molecule has 7 nitrogen and oxygen atoms in total. The van der Waals surface area contributed by atoms with Crippen LogP contribution in [0.4, 0.5) is 5.69 Å². The average Bonchev–Trinajstić information content (AvgIpc) is 3.34. The summed E-state index contributed by atoms with van der Waals surface area (Å²) in [6.07, 6.45) is 2.10. The molecule has 4 N–H and O–H groups in total. The van der Waals surface area contributed by atoms with E-state index >= 15 is 0 Å². The molecule has 4 rings (SSSR count). The van der Waals surface area contributed by atoms with E-state index in [1.165, 1.54) is 0 Å². The molecule has 0 bridgehead atoms. The van der Waals surface area contributed by atoms with Gasteiger partial charge in [0.25, 0.3) is 0 Å². The summed E-state index contributed by atoms with van der Waals surface area (Å²) in [5.74, 6) is 0.528. The maximum absolute atomic E-state index is 6.50. The second kappa shape index (κ2) is 5.45. The Morgan fingerprint density at radius 3 is 2.58 bits per heavy atom. The van der Waals surface area contributed by atoms with Crippen molar-refractivity contribution in [3.05, 3.63) is 47.8 Å². The minimum absolute atomic E-state index is 0.277. The lowest BCUT2D eigenvalue weighted by Gasteiger charge is -2.29. The second-order valence-corrected chi connectivity index (χ2v) is 6.41. The van der Waals surface area contributed by atoms with Crippen molar-refractivity contribution < 1.29 is 0 Å². The number of hydrogen-bond acceptors (Lipinski definition) is 6. The third kappa shape index (κ3) is 2.78. The van der Waals surface area contributed by atoms with E-state index in [1.54, 1.807) is 4.68 Å². The van der Waals surface area contributed by atoms with Crippen LogP contribution in [0.15, 0.2) is 46.4 Å². The maximum atomic E-state index is 6.50. The number of guanidine groups is 1. The van der Waals surface area contributed by atoms with Gasteiger partial charge in [0, 0.05) is 17.3 Å². The summed E-state index contributed by atoms with van der Waals surface area (Å²) in [6.45, 7) is 3.95. The Balaban J connectivity index is 1.69. The van der Waals surface area contributed by atoms with Crippen LogP contribution in [0.1, 0.15) is 24.2 Å². The van der Waals surface area contributed by atoms with Gasteiger partial charge in [-0.3, -0.25) is 11.1 Å². The zero-order valence-corrected chi connectivity index (χ0v) is 13.8. The van der Waals surface area contributed by atoms with Crippen LogP contribution in [0.5, 0.6) is 0 Å². The Bertz CT molecular complexity index is 817. The number of benzene rings is 1. The van der Waals surface area contributed by atoms with E-state index in [-0.39, 0.29) is 5.92 Å². The number of nitrogens with one attached hydrogen (secondary N) is 2. The molecule has 1 aromatic carbocycles. The van der Waals surface area contributed by atoms with Crippen LogP contribution in [0, 0.1) is 19.8 Å². The molecule has 0 spiro atoms. The molecule has 2 aromatic rings. The lowest BCUT2D eigenvalue weighted by molar-refractivity contribution is 0.398. The molecule has 1 fully saturated rings. The molecule has 24 heavy (non-hydrogen) atoms. The van der Waals surface area contributed by atoms with Gasteiger partial charge >= 0.3 is 0 Å². The van der Waals surface area contributed by atoms with Gasteiger partial charge in [-0.15, -0.1) is 0 Å². The third-order valence-electron chi connectivity index (χ3n) is 4.23. The molecular weight excluding hydrogens is 302 g/mol. The van der Waals surface area contributed by atoms with Crippen LogP contribution < -0.4 is 16.4 Å². The van der Waals surface area contributed by atoms with Crippen LogP contribution in [-0.2, 0) is 0 Å². The monoisotopic (exact) mass is 323 g/mol. The average molecular weight is 323 g/mol. The SMILES string of the molecule is Cc1cc(C)n(C2=NC(N)(C3CC3)N=C(Nc3ccccc3)N2)n1. The van der Waals surface area contributed by atoms with Gasteiger partial charge in [-0.25, -0.2) is 14.7 Å². The Kier molecular flexibility index (Phi) is 3.38. The highest BCUT2D eigenvalue weighted by molar-refractivity contribution is 6.07. The lowest BCUT2D eigenvalue weighted by atomic mass is 10.2. The van der Waals surface area contributed by atoms with E-state index < -0.39 is 5.79 Å². The van der Waals surface area contributed by atoms with Crippen molar-refractivity contribution in [2.24, 2.45) is 21.6 Å². The normalized spacial score (nSPS) is 23.3. The second-order valence-electron chi connectivity index (χ2n) is 6.41. The van der Waals surface area contributed by atoms with Crippen molar-refractivity contribution in [1.82, 2.24) is 15.1 Å². The van der Waals surface area contributed by atoms with E-state index in [0.717, 1.165) is 29.9 Å². The Labute approximate surface area is 140 Å². The first-order valence-electron chi connectivity index (χ1n) is 8.15. The molecule has 1 aromatic heterocycles. The number of anilines is 1. The summed E-state index contributed by atoms with van der Waals surface area (Å²) in [7, 11) is 0. The number of nitrogens with two attached hydrogens (primary N) is 1. The van der Waals surface area contributed by atoms with E-state index in [0.29, 0.717) is 11.9 Å². The quantitative estimate of drug-likeness (QED) is 0.785. The fraction of sp³-hybridized carbons (Fsp3) is 0.353. The van der Waals surface area contributed by atoms with Crippen LogP contribution in [0.2, 0.25) is 0 Å². The number of hydrogen-bond donors (Lipinski definition) is 3. The van der Waals surface area contributed by atoms with E-state index in [9.17, 15) is 0 Å². The third-order valence-corrected chi connectivity index (χ3v) is 4.23. The van der Waals surface area contributed by atoms with Gasteiger partial charge in [-0.05, 0) is 44.9 Å². The minimum Gasteiger partial charge on any atom is -0.326 e. The Hall–Kier alpha value is -2.67. The number of rotatable bonds is 2. The van der Waals surface area contributed by atoms with Crippen LogP contribution >= 0.6 is 0 Å². The molecule has 2 heterocycles. The molecule has 0 amide bonds. The molecule has 1 aliphatic heterocycles. The molecule has 0 radical (unpaired) electrons. The van der Waals surface area contributed by atoms with Gasteiger partial charge in [0.05, 0.1) is 5.69 Å². The number of aromatic nitrogens is 2. The standard InChI is InChI=1S/C17H21N7/c1-11-10-12(2)24(23-11)16-20-15(19-14-6-4-3-5-7-14)21-17(18,22-16)13-8-9-13/h3-7,10,13H,8-9,18H2,1-2H3,(H2,19,20,21,22). The molecule has 1 saturated carbocycles. The van der Waals surface area contributed by atoms with Gasteiger partial charge in [-0.1, -0.05) is 18.2 Å². The number of aliphatic imine (C=N–C) groups is 2. The van der Waals surface area contributed by atoms with E-state index in [2.05, 4.69) is 25.7 Å². The first kappa shape index (κ1) is 14.9. The summed E-state index contributed by atoms with van der Waals surface area (Å²) in [5, 5.41) is 11.0. The summed E-state index contributed by atoms with van der Waals surface area (Å²) in [5.41, 5.74) is 9.37. The van der Waals surface area contributed by atoms with Gasteiger partial charge in [0.1, 0.15) is 0 Å². The van der Waals surface area contributed by atoms with Gasteiger partial charge in [-0.2, -0.15) is 5.10 Å². The molecule has 1 aliphatic carbocycles. The molecule has 1 unspecified atom stereocenters. The van der Waals surface area contributed by atoms with Crippen molar-refractivity contribution in [2.75, 3.05) is 5.32 Å². The van der Waals surface area contributed by atoms with Crippen molar-refractivity contribution in [2.45, 2.75) is 32.5 Å². The Morgan fingerprint density at radius 1 is 1.21 bits per heavy atom. The van der Waals surface area contributed by atoms with E-state index in [1.807, 2.05) is 50.2 Å². The Morgan fingerprint density at radius 2 is 1.96 bits per heavy atom. The predicted octanol–water partition coefficient (Wildman–Crippen LogP) is 1.80. The van der Waals surface area contributed by atoms with Crippen LogP contribution in [-0.4, -0.2) is 27.5 Å². The van der Waals surface area contributed by atoms with Crippen LogP contribution in [0.3, 0.4) is 0 Å². The fourth-order valence-electron chi connectivity index (χ4n) is 2.89. The van der Waals surface area contributed by atoms with E-state index in [4.69, 9.17) is 5.73 Å². The zero-order valence-electron chi connectivity index (χ0n) is 13.8. The van der Waals surface area contributed by atoms with Crippen molar-refractivity contribution in [3.63, 3.8) is 0 Å². The van der Waals surface area contributed by atoms with Crippen molar-refractivity contribution in [3.8, 4) is 0 Å². The summed E-state index contributed by atoms with van der Waals surface area (Å²) in [4.78, 5) is 9.30. The van der Waals surface area contributed by atoms with Gasteiger partial charge in [0.15, 0.2) is 0 Å². The number of para-hydroxylation sites is 1. The van der Waals surface area contributed by atoms with Gasteiger partial charge in [0.2, 0.25) is 17.7 Å². The highest BCUT2D eigenvalue weighted by Crippen LogP contribution is 2.40. The highest BCUT2D eigenvalue weighted by atomic mass is 15.5. The summed E-state index contributed by atoms with van der Waals surface area (Å²) in [6, 6.07) is 11.9. The lowest BCUT2D eigenvalue weighted by Crippen LogP contribution is -2.53. The molecule has 124 valence electrons. The molecule has 2 aliphatic rings. The van der Waals surface area contributed by atoms with Crippen molar-refractivity contribution in [1.29, 1.82) is 0 Å². The molecule has 0 saturated heterocycles. The summed E-state index contributed by atoms with van der Waals surface area (Å²) < 4.78 is 1.78. The molecule has 1 atom stereocenters. The number of nitrogens with zero attached hydrogens (tertiary/aromatic N) is 4. The predicted molar refractivity (Wildman–Crippen MR) is 94.8 cm³/mol. The topological polar surface area (TPSA) is 92.6 Å². The highest BCUT2D eigenvalue weighted by Gasteiger charge is 2.45. The zero-order chi connectivity index (χ0) is 16.7. The largest absolute Gasteiger partial charge is 0.326 e. The maximum Gasteiger partial charge on any atom is 0.229 e. The molecule has 7 heteroatoms. The number of aryl methyl sites for hydroxylation is 2. The minimum atomic E-state index is -0.940. The van der Waals surface area contributed by atoms with Gasteiger partial charge < -0.3 is 5.32 Å². The smallest absolute Gasteiger partial charge is 0.229 e. The van der Waals surface area contributed by atoms with Crippen LogP contribution in [0.25, 0.3) is 0 Å². The van der Waals surface area contributed by atoms with Crippen molar-refractivity contribution >= 4 is 17.6 Å². The first-order chi connectivity index (χ1) is 11.5. The molecular formula is C17H21N7. The fourth-order valence-corrected chi connectivity index (χ4v) is 2.89.